The first kappa shape index (κ1) is 18.8. The average Bonchev–Trinajstić information content (AvgIpc) is 3.24. The summed E-state index contributed by atoms with van der Waals surface area (Å²) in [5, 5.41) is 17.6. The van der Waals surface area contributed by atoms with Crippen molar-refractivity contribution in [2.75, 3.05) is 11.5 Å². The Morgan fingerprint density at radius 1 is 1.25 bits per heavy atom. The van der Waals surface area contributed by atoms with Gasteiger partial charge in [-0.3, -0.25) is 4.79 Å². The van der Waals surface area contributed by atoms with E-state index in [1.165, 1.54) is 16.4 Å². The van der Waals surface area contributed by atoms with Crippen molar-refractivity contribution in [3.8, 4) is 0 Å². The van der Waals surface area contributed by atoms with Crippen LogP contribution in [0.25, 0.3) is 10.9 Å². The maximum Gasteiger partial charge on any atom is 0.278 e. The molecule has 0 spiro atoms. The van der Waals surface area contributed by atoms with Crippen LogP contribution in [0.2, 0.25) is 0 Å². The van der Waals surface area contributed by atoms with Gasteiger partial charge in [0.25, 0.3) is 5.56 Å². The van der Waals surface area contributed by atoms with Crippen molar-refractivity contribution < 1.29 is 8.42 Å². The Morgan fingerprint density at radius 2 is 2.07 bits per heavy atom. The minimum atomic E-state index is -3.03. The summed E-state index contributed by atoms with van der Waals surface area (Å²) >= 11 is 1.29. The van der Waals surface area contributed by atoms with Gasteiger partial charge < -0.3 is 4.57 Å². The van der Waals surface area contributed by atoms with Gasteiger partial charge in [-0.05, 0) is 18.6 Å². The Kier molecular flexibility index (Phi) is 5.02. The Balaban J connectivity index is 1.59. The van der Waals surface area contributed by atoms with Gasteiger partial charge in [-0.25, -0.2) is 8.42 Å². The lowest BCUT2D eigenvalue weighted by molar-refractivity contribution is 0.597. The normalized spacial score (nSPS) is 18.5. The third kappa shape index (κ3) is 3.59. The smallest absolute Gasteiger partial charge is 0.278 e. The van der Waals surface area contributed by atoms with E-state index >= 15 is 0 Å². The van der Waals surface area contributed by atoms with Crippen LogP contribution in [0.4, 0.5) is 0 Å². The van der Waals surface area contributed by atoms with Gasteiger partial charge in [-0.15, -0.1) is 21.9 Å². The monoisotopic (exact) mass is 418 g/mol. The van der Waals surface area contributed by atoms with Crippen molar-refractivity contribution in [1.82, 2.24) is 29.8 Å². The van der Waals surface area contributed by atoms with Crippen LogP contribution < -0.4 is 5.56 Å². The van der Waals surface area contributed by atoms with Crippen LogP contribution in [0.1, 0.15) is 18.2 Å². The molecule has 1 aromatic carbocycles. The Morgan fingerprint density at radius 3 is 2.82 bits per heavy atom. The first-order chi connectivity index (χ1) is 13.5. The predicted octanol–water partition coefficient (Wildman–Crippen LogP) is 1.22. The minimum Gasteiger partial charge on any atom is -0.302 e. The molecule has 1 unspecified atom stereocenters. The third-order valence-electron chi connectivity index (χ3n) is 4.60. The molecular weight excluding hydrogens is 400 g/mol. The van der Waals surface area contributed by atoms with Crippen LogP contribution in [0, 0.1) is 0 Å². The number of allylic oxidation sites excluding steroid dienone is 1. The van der Waals surface area contributed by atoms with E-state index in [9.17, 15) is 13.2 Å². The minimum absolute atomic E-state index is 0.0859. The maximum atomic E-state index is 12.6. The lowest BCUT2D eigenvalue weighted by Crippen LogP contribution is -2.23. The number of aromatic nitrogens is 6. The summed E-state index contributed by atoms with van der Waals surface area (Å²) in [6.07, 6.45) is 2.25. The number of benzene rings is 1. The molecule has 0 amide bonds. The molecule has 9 nitrogen and oxygen atoms in total. The summed E-state index contributed by atoms with van der Waals surface area (Å²) in [5.74, 6) is 0.941. The van der Waals surface area contributed by atoms with Crippen LogP contribution in [-0.2, 0) is 22.3 Å². The van der Waals surface area contributed by atoms with E-state index in [0.717, 1.165) is 0 Å². The predicted molar refractivity (Wildman–Crippen MR) is 106 cm³/mol. The van der Waals surface area contributed by atoms with Crippen molar-refractivity contribution in [3.63, 3.8) is 0 Å². The highest BCUT2D eigenvalue weighted by molar-refractivity contribution is 7.98. The second kappa shape index (κ2) is 7.47. The molecule has 0 aliphatic carbocycles. The number of sulfone groups is 1. The molecule has 1 aliphatic heterocycles. The number of nitrogens with zero attached hydrogens (tertiary/aromatic N) is 6. The molecule has 28 heavy (non-hydrogen) atoms. The van der Waals surface area contributed by atoms with Gasteiger partial charge in [0, 0.05) is 12.5 Å². The summed E-state index contributed by atoms with van der Waals surface area (Å²) in [6.45, 7) is 4.22. The van der Waals surface area contributed by atoms with E-state index in [1.54, 1.807) is 30.3 Å². The highest BCUT2D eigenvalue weighted by Crippen LogP contribution is 2.30. The molecule has 0 bridgehead atoms. The molecule has 1 aliphatic rings. The Bertz CT molecular complexity index is 1200. The second-order valence-electron chi connectivity index (χ2n) is 6.52. The molecule has 0 N–H and O–H groups in total. The van der Waals surface area contributed by atoms with E-state index in [4.69, 9.17) is 0 Å². The molecule has 0 saturated carbocycles. The molecule has 1 saturated heterocycles. The fraction of sp³-hybridized carbons (Fsp3) is 0.353. The van der Waals surface area contributed by atoms with Crippen LogP contribution >= 0.6 is 11.8 Å². The highest BCUT2D eigenvalue weighted by atomic mass is 32.2. The standard InChI is InChI=1S/C17H18N6O3S2/c1-2-8-22-15(12-7-9-28(25,26)10-12)19-20-17(22)27-11-23-16(24)13-5-3-4-6-14(13)18-21-23/h2-6,12H,1,7-11H2. The summed E-state index contributed by atoms with van der Waals surface area (Å²) in [7, 11) is -3.03. The summed E-state index contributed by atoms with van der Waals surface area (Å²) in [5.41, 5.74) is 0.322. The molecule has 2 aromatic heterocycles. The molecule has 1 atom stereocenters. The van der Waals surface area contributed by atoms with Crippen molar-refractivity contribution in [2.45, 2.75) is 29.9 Å². The van der Waals surface area contributed by atoms with Gasteiger partial charge in [-0.2, -0.15) is 4.68 Å². The molecule has 4 rings (SSSR count). The molecule has 11 heteroatoms. The van der Waals surface area contributed by atoms with Crippen LogP contribution in [-0.4, -0.2) is 49.7 Å². The van der Waals surface area contributed by atoms with Gasteiger partial charge in [0.05, 0.1) is 22.8 Å². The lowest BCUT2D eigenvalue weighted by atomic mass is 10.1. The zero-order valence-electron chi connectivity index (χ0n) is 14.9. The molecule has 1 fully saturated rings. The van der Waals surface area contributed by atoms with E-state index in [2.05, 4.69) is 27.1 Å². The topological polar surface area (TPSA) is 113 Å². The number of hydrogen-bond donors (Lipinski definition) is 0. The number of thioether (sulfide) groups is 1. The maximum absolute atomic E-state index is 12.6. The molecule has 146 valence electrons. The van der Waals surface area contributed by atoms with Gasteiger partial charge >= 0.3 is 0 Å². The van der Waals surface area contributed by atoms with Gasteiger partial charge in [0.2, 0.25) is 0 Å². The van der Waals surface area contributed by atoms with Gasteiger partial charge in [0.1, 0.15) is 11.3 Å². The quantitative estimate of drug-likeness (QED) is 0.434. The SMILES string of the molecule is C=CCn1c(SCn2nnc3ccccc3c2=O)nnc1C1CCS(=O)(=O)C1. The van der Waals surface area contributed by atoms with E-state index < -0.39 is 9.84 Å². The zero-order chi connectivity index (χ0) is 19.7. The van der Waals surface area contributed by atoms with E-state index in [-0.39, 0.29) is 28.9 Å². The molecule has 3 heterocycles. The first-order valence-corrected chi connectivity index (χ1v) is 11.5. The van der Waals surface area contributed by atoms with Crippen molar-refractivity contribution in [2.24, 2.45) is 0 Å². The molecule has 3 aromatic rings. The van der Waals surface area contributed by atoms with Crippen molar-refractivity contribution in [3.05, 3.63) is 53.1 Å². The lowest BCUT2D eigenvalue weighted by Gasteiger charge is -2.11. The van der Waals surface area contributed by atoms with E-state index in [1.807, 2.05) is 4.57 Å². The summed E-state index contributed by atoms with van der Waals surface area (Å²) < 4.78 is 26.7. The van der Waals surface area contributed by atoms with E-state index in [0.29, 0.717) is 34.8 Å². The number of hydrogen-bond acceptors (Lipinski definition) is 8. The Hall–Kier alpha value is -2.53. The summed E-state index contributed by atoms with van der Waals surface area (Å²) in [4.78, 5) is 12.6. The van der Waals surface area contributed by atoms with Crippen LogP contribution in [0.15, 0.2) is 46.9 Å². The summed E-state index contributed by atoms with van der Waals surface area (Å²) in [6, 6.07) is 7.04. The third-order valence-corrected chi connectivity index (χ3v) is 7.30. The first-order valence-electron chi connectivity index (χ1n) is 8.68. The highest BCUT2D eigenvalue weighted by Gasteiger charge is 2.33. The largest absolute Gasteiger partial charge is 0.302 e. The zero-order valence-corrected chi connectivity index (χ0v) is 16.6. The van der Waals surface area contributed by atoms with Crippen LogP contribution in [0.3, 0.4) is 0 Å². The fourth-order valence-electron chi connectivity index (χ4n) is 3.23. The van der Waals surface area contributed by atoms with Crippen molar-refractivity contribution >= 4 is 32.5 Å². The van der Waals surface area contributed by atoms with Crippen LogP contribution in [0.5, 0.6) is 0 Å². The number of fused-ring (bicyclic) bond motifs is 1. The van der Waals surface area contributed by atoms with Gasteiger partial charge in [0.15, 0.2) is 15.0 Å². The Labute approximate surface area is 165 Å². The molecule has 0 radical (unpaired) electrons. The second-order valence-corrected chi connectivity index (χ2v) is 9.67. The fourth-order valence-corrected chi connectivity index (χ4v) is 5.80. The number of rotatable bonds is 6. The van der Waals surface area contributed by atoms with Gasteiger partial charge in [-0.1, -0.05) is 35.2 Å². The average molecular weight is 419 g/mol. The molecular formula is C17H18N6O3S2. The van der Waals surface area contributed by atoms with Crippen molar-refractivity contribution in [1.29, 1.82) is 0 Å².